The first-order chi connectivity index (χ1) is 6.83. The third-order valence-corrected chi connectivity index (χ3v) is 2.79. The number of fused-ring (bicyclic) bond motifs is 1. The van der Waals surface area contributed by atoms with Gasteiger partial charge in [0.1, 0.15) is 0 Å². The minimum absolute atomic E-state index is 1.12. The van der Waals surface area contributed by atoms with Gasteiger partial charge >= 0.3 is 0 Å². The fourth-order valence-corrected chi connectivity index (χ4v) is 1.79. The highest BCUT2D eigenvalue weighted by molar-refractivity contribution is 5.83. The van der Waals surface area contributed by atoms with Crippen molar-refractivity contribution in [3.8, 4) is 0 Å². The predicted octanol–water partition coefficient (Wildman–Crippen LogP) is 3.96. The monoisotopic (exact) mass is 184 g/mol. The Kier molecular flexibility index (Phi) is 2.53. The lowest BCUT2D eigenvalue weighted by atomic mass is 10.0. The molecule has 0 aromatic heterocycles. The van der Waals surface area contributed by atoms with Crippen LogP contribution in [-0.2, 0) is 12.8 Å². The van der Waals surface area contributed by atoms with Gasteiger partial charge in [-0.2, -0.15) is 0 Å². The van der Waals surface area contributed by atoms with Crippen LogP contribution in [0.15, 0.2) is 36.4 Å². The first-order valence-corrected chi connectivity index (χ1v) is 5.35. The molecule has 14 heavy (non-hydrogen) atoms. The van der Waals surface area contributed by atoms with Crippen LogP contribution in [-0.4, -0.2) is 0 Å². The normalized spacial score (nSPS) is 10.7. The van der Waals surface area contributed by atoms with Gasteiger partial charge in [-0.1, -0.05) is 50.2 Å². The lowest BCUT2D eigenvalue weighted by molar-refractivity contribution is 1.14. The summed E-state index contributed by atoms with van der Waals surface area (Å²) in [5.41, 5.74) is 2.84. The Hall–Kier alpha value is -1.30. The summed E-state index contributed by atoms with van der Waals surface area (Å²) in [7, 11) is 0. The molecule has 0 radical (unpaired) electrons. The average molecular weight is 184 g/mol. The lowest BCUT2D eigenvalue weighted by Crippen LogP contribution is -1.83. The van der Waals surface area contributed by atoms with Crippen LogP contribution in [0.1, 0.15) is 25.0 Å². The topological polar surface area (TPSA) is 0 Å². The van der Waals surface area contributed by atoms with Gasteiger partial charge in [-0.3, -0.25) is 0 Å². The molecule has 0 heteroatoms. The SMILES string of the molecule is CCc1ccc2ccc(CC)cc2c1. The van der Waals surface area contributed by atoms with Crippen molar-refractivity contribution >= 4 is 10.8 Å². The van der Waals surface area contributed by atoms with Crippen LogP contribution >= 0.6 is 0 Å². The van der Waals surface area contributed by atoms with Gasteiger partial charge in [0.25, 0.3) is 0 Å². The number of benzene rings is 2. The van der Waals surface area contributed by atoms with Crippen molar-refractivity contribution in [1.29, 1.82) is 0 Å². The standard InChI is InChI=1S/C14H16/c1-3-11-5-7-13-8-6-12(4-2)10-14(13)9-11/h5-10H,3-4H2,1-2H3. The third kappa shape index (κ3) is 1.65. The molecule has 0 fully saturated rings. The largest absolute Gasteiger partial charge is 0.0613 e. The smallest absolute Gasteiger partial charge is 0.0179 e. The Morgan fingerprint density at radius 3 is 1.64 bits per heavy atom. The van der Waals surface area contributed by atoms with E-state index in [4.69, 9.17) is 0 Å². The summed E-state index contributed by atoms with van der Waals surface area (Å²) in [5.74, 6) is 0. The summed E-state index contributed by atoms with van der Waals surface area (Å²) in [6, 6.07) is 13.5. The molecule has 72 valence electrons. The van der Waals surface area contributed by atoms with E-state index in [0.717, 1.165) is 12.8 Å². The summed E-state index contributed by atoms with van der Waals surface area (Å²) in [6.07, 6.45) is 2.23. The summed E-state index contributed by atoms with van der Waals surface area (Å²) in [5, 5.41) is 2.73. The molecule has 2 aromatic rings. The first kappa shape index (κ1) is 9.26. The zero-order chi connectivity index (χ0) is 9.97. The summed E-state index contributed by atoms with van der Waals surface area (Å²) in [6.45, 7) is 4.40. The average Bonchev–Trinajstić information content (AvgIpc) is 2.27. The summed E-state index contributed by atoms with van der Waals surface area (Å²) < 4.78 is 0. The Bertz CT molecular complexity index is 402. The third-order valence-electron chi connectivity index (χ3n) is 2.79. The van der Waals surface area contributed by atoms with Crippen molar-refractivity contribution < 1.29 is 0 Å². The second-order valence-electron chi connectivity index (χ2n) is 3.72. The van der Waals surface area contributed by atoms with Crippen molar-refractivity contribution in [1.82, 2.24) is 0 Å². The Morgan fingerprint density at radius 2 is 1.21 bits per heavy atom. The van der Waals surface area contributed by atoms with E-state index in [2.05, 4.69) is 50.2 Å². The quantitative estimate of drug-likeness (QED) is 0.662. The van der Waals surface area contributed by atoms with Gasteiger partial charge in [-0.25, -0.2) is 0 Å². The first-order valence-electron chi connectivity index (χ1n) is 5.35. The fourth-order valence-electron chi connectivity index (χ4n) is 1.79. The Balaban J connectivity index is 2.60. The van der Waals surface area contributed by atoms with Crippen LogP contribution in [0, 0.1) is 0 Å². The summed E-state index contributed by atoms with van der Waals surface area (Å²) >= 11 is 0. The van der Waals surface area contributed by atoms with Crippen LogP contribution in [0.4, 0.5) is 0 Å². The molecule has 0 N–H and O–H groups in total. The van der Waals surface area contributed by atoms with Gasteiger partial charge in [0, 0.05) is 0 Å². The van der Waals surface area contributed by atoms with Gasteiger partial charge in [0.15, 0.2) is 0 Å². The molecule has 0 bridgehead atoms. The molecular formula is C14H16. The van der Waals surface area contributed by atoms with Crippen molar-refractivity contribution in [2.24, 2.45) is 0 Å². The van der Waals surface area contributed by atoms with E-state index in [0.29, 0.717) is 0 Å². The van der Waals surface area contributed by atoms with Crippen molar-refractivity contribution in [3.63, 3.8) is 0 Å². The molecule has 0 aliphatic heterocycles. The Labute approximate surface area is 85.6 Å². The molecule has 0 spiro atoms. The van der Waals surface area contributed by atoms with Crippen LogP contribution < -0.4 is 0 Å². The molecule has 0 nitrogen and oxygen atoms in total. The molecule has 0 saturated heterocycles. The molecule has 0 saturated carbocycles. The lowest BCUT2D eigenvalue weighted by Gasteiger charge is -2.03. The maximum atomic E-state index is 2.30. The zero-order valence-electron chi connectivity index (χ0n) is 8.88. The van der Waals surface area contributed by atoms with Gasteiger partial charge in [-0.05, 0) is 34.7 Å². The van der Waals surface area contributed by atoms with E-state index in [9.17, 15) is 0 Å². The molecule has 0 aliphatic carbocycles. The van der Waals surface area contributed by atoms with Crippen molar-refractivity contribution in [2.75, 3.05) is 0 Å². The van der Waals surface area contributed by atoms with Crippen molar-refractivity contribution in [3.05, 3.63) is 47.5 Å². The highest BCUT2D eigenvalue weighted by Crippen LogP contribution is 2.18. The molecule has 0 unspecified atom stereocenters. The molecule has 0 amide bonds. The van der Waals surface area contributed by atoms with Crippen molar-refractivity contribution in [2.45, 2.75) is 26.7 Å². The number of hydrogen-bond donors (Lipinski definition) is 0. The van der Waals surface area contributed by atoms with Gasteiger partial charge < -0.3 is 0 Å². The second kappa shape index (κ2) is 3.83. The van der Waals surface area contributed by atoms with Gasteiger partial charge in [-0.15, -0.1) is 0 Å². The molecule has 2 aromatic carbocycles. The zero-order valence-corrected chi connectivity index (χ0v) is 8.88. The van der Waals surface area contributed by atoms with Gasteiger partial charge in [0.05, 0.1) is 0 Å². The van der Waals surface area contributed by atoms with E-state index in [1.807, 2.05) is 0 Å². The highest BCUT2D eigenvalue weighted by atomic mass is 14.0. The van der Waals surface area contributed by atoms with E-state index < -0.39 is 0 Å². The maximum absolute atomic E-state index is 2.30. The van der Waals surface area contributed by atoms with Crippen LogP contribution in [0.25, 0.3) is 10.8 Å². The van der Waals surface area contributed by atoms with E-state index in [1.165, 1.54) is 21.9 Å². The van der Waals surface area contributed by atoms with Crippen LogP contribution in [0.5, 0.6) is 0 Å². The maximum Gasteiger partial charge on any atom is -0.0179 e. The number of hydrogen-bond acceptors (Lipinski definition) is 0. The molecular weight excluding hydrogens is 168 g/mol. The molecule has 0 heterocycles. The van der Waals surface area contributed by atoms with E-state index in [-0.39, 0.29) is 0 Å². The van der Waals surface area contributed by atoms with Crippen LogP contribution in [0.3, 0.4) is 0 Å². The minimum Gasteiger partial charge on any atom is -0.0613 e. The molecule has 0 atom stereocenters. The van der Waals surface area contributed by atoms with Gasteiger partial charge in [0.2, 0.25) is 0 Å². The molecule has 2 rings (SSSR count). The second-order valence-corrected chi connectivity index (χ2v) is 3.72. The minimum atomic E-state index is 1.12. The fraction of sp³-hybridized carbons (Fsp3) is 0.286. The van der Waals surface area contributed by atoms with Crippen LogP contribution in [0.2, 0.25) is 0 Å². The van der Waals surface area contributed by atoms with E-state index in [1.54, 1.807) is 0 Å². The number of rotatable bonds is 2. The molecule has 0 aliphatic rings. The predicted molar refractivity (Wildman–Crippen MR) is 62.7 cm³/mol. The summed E-state index contributed by atoms with van der Waals surface area (Å²) in [4.78, 5) is 0. The van der Waals surface area contributed by atoms with E-state index >= 15 is 0 Å². The highest BCUT2D eigenvalue weighted by Gasteiger charge is 1.96. The number of aryl methyl sites for hydroxylation is 2. The Morgan fingerprint density at radius 1 is 0.714 bits per heavy atom.